The maximum absolute atomic E-state index is 13.5. The van der Waals surface area contributed by atoms with Crippen molar-refractivity contribution in [3.8, 4) is 0 Å². The molecule has 7 nitrogen and oxygen atoms in total. The van der Waals surface area contributed by atoms with Gasteiger partial charge in [-0.25, -0.2) is 4.79 Å². The SMILES string of the molecule is C=CC[C@H](C)C(=O)N(C)[C@@H](Cc1ccccc1)C(=O)O[C@H](CCC)CCCC(=O)N[C@H](C=C)COCc1ccccc1. The van der Waals surface area contributed by atoms with Crippen LogP contribution in [0.3, 0.4) is 0 Å². The first-order valence-electron chi connectivity index (χ1n) is 14.9. The summed E-state index contributed by atoms with van der Waals surface area (Å²) in [6.45, 7) is 12.2. The van der Waals surface area contributed by atoms with E-state index < -0.39 is 12.0 Å². The molecule has 228 valence electrons. The quantitative estimate of drug-likeness (QED) is 0.154. The van der Waals surface area contributed by atoms with E-state index in [1.54, 1.807) is 19.2 Å². The van der Waals surface area contributed by atoms with Gasteiger partial charge in [-0.05, 0) is 36.8 Å². The van der Waals surface area contributed by atoms with E-state index in [1.165, 1.54) is 4.90 Å². The number of likely N-dealkylation sites (N-methyl/N-ethyl adjacent to an activating group) is 1. The fourth-order valence-corrected chi connectivity index (χ4v) is 4.71. The second-order valence-electron chi connectivity index (χ2n) is 10.7. The van der Waals surface area contributed by atoms with E-state index >= 15 is 0 Å². The van der Waals surface area contributed by atoms with Gasteiger partial charge in [0.1, 0.15) is 12.1 Å². The van der Waals surface area contributed by atoms with Crippen LogP contribution < -0.4 is 5.32 Å². The second kappa shape index (κ2) is 19.4. The van der Waals surface area contributed by atoms with E-state index in [1.807, 2.05) is 74.5 Å². The Kier molecular flexibility index (Phi) is 15.9. The molecule has 2 rings (SSSR count). The zero-order chi connectivity index (χ0) is 30.7. The molecule has 0 radical (unpaired) electrons. The Balaban J connectivity index is 1.92. The number of carbonyl (C=O) groups excluding carboxylic acids is 3. The number of amides is 2. The second-order valence-corrected chi connectivity index (χ2v) is 10.7. The molecule has 0 fully saturated rings. The summed E-state index contributed by atoms with van der Waals surface area (Å²) in [6.07, 6.45) is 6.86. The van der Waals surface area contributed by atoms with E-state index in [2.05, 4.69) is 18.5 Å². The van der Waals surface area contributed by atoms with Gasteiger partial charge in [0.2, 0.25) is 11.8 Å². The molecule has 1 N–H and O–H groups in total. The molecule has 4 atom stereocenters. The van der Waals surface area contributed by atoms with Crippen molar-refractivity contribution in [2.75, 3.05) is 13.7 Å². The van der Waals surface area contributed by atoms with E-state index in [-0.39, 0.29) is 29.9 Å². The fraction of sp³-hybridized carbons (Fsp3) is 0.457. The summed E-state index contributed by atoms with van der Waals surface area (Å²) in [6, 6.07) is 18.4. The number of hydrogen-bond acceptors (Lipinski definition) is 5. The van der Waals surface area contributed by atoms with Gasteiger partial charge in [0.15, 0.2) is 0 Å². The largest absolute Gasteiger partial charge is 0.461 e. The van der Waals surface area contributed by atoms with E-state index in [4.69, 9.17) is 9.47 Å². The molecule has 0 saturated heterocycles. The normalized spacial score (nSPS) is 13.7. The van der Waals surface area contributed by atoms with Crippen LogP contribution in [0.5, 0.6) is 0 Å². The molecule has 0 aliphatic rings. The molecule has 0 heterocycles. The minimum atomic E-state index is -0.751. The molecule has 2 aromatic carbocycles. The predicted octanol–water partition coefficient (Wildman–Crippen LogP) is 6.04. The first kappa shape index (κ1) is 34.5. The van der Waals surface area contributed by atoms with Crippen LogP contribution in [-0.2, 0) is 36.9 Å². The summed E-state index contributed by atoms with van der Waals surface area (Å²) >= 11 is 0. The van der Waals surface area contributed by atoms with Crippen LogP contribution in [0, 0.1) is 5.92 Å². The van der Waals surface area contributed by atoms with Crippen LogP contribution in [0.25, 0.3) is 0 Å². The van der Waals surface area contributed by atoms with Crippen molar-refractivity contribution >= 4 is 17.8 Å². The van der Waals surface area contributed by atoms with Crippen LogP contribution in [0.2, 0.25) is 0 Å². The average molecular weight is 577 g/mol. The molecule has 0 unspecified atom stereocenters. The molecule has 7 heteroatoms. The highest BCUT2D eigenvalue weighted by atomic mass is 16.5. The molecule has 2 amide bonds. The molecular weight excluding hydrogens is 528 g/mol. The summed E-state index contributed by atoms with van der Waals surface area (Å²) in [5.74, 6) is -0.938. The number of nitrogens with zero attached hydrogens (tertiary/aromatic N) is 1. The third kappa shape index (κ3) is 12.4. The van der Waals surface area contributed by atoms with Crippen LogP contribution in [0.15, 0.2) is 86.0 Å². The Morgan fingerprint density at radius 3 is 2.21 bits per heavy atom. The van der Waals surface area contributed by atoms with Crippen molar-refractivity contribution in [1.29, 1.82) is 0 Å². The molecule has 0 spiro atoms. The molecule has 0 aliphatic carbocycles. The Labute approximate surface area is 252 Å². The first-order chi connectivity index (χ1) is 20.3. The van der Waals surface area contributed by atoms with Gasteiger partial charge in [0, 0.05) is 25.8 Å². The predicted molar refractivity (Wildman–Crippen MR) is 168 cm³/mol. The lowest BCUT2D eigenvalue weighted by molar-refractivity contribution is -0.160. The van der Waals surface area contributed by atoms with Crippen molar-refractivity contribution in [1.82, 2.24) is 10.2 Å². The van der Waals surface area contributed by atoms with Gasteiger partial charge >= 0.3 is 5.97 Å². The molecule has 0 saturated carbocycles. The standard InChI is InChI=1S/C35H48N2O5/c1-6-16-27(4)34(39)37(5)32(24-28-18-11-9-12-19-28)35(40)42-31(17-7-2)22-15-23-33(38)36-30(8-3)26-41-25-29-20-13-10-14-21-29/h6,8-14,18-21,27,30-32H,1,3,7,15-17,22-26H2,2,4-5H3,(H,36,38)/t27-,30+,31+,32-/m0/s1. The lowest BCUT2D eigenvalue weighted by atomic mass is 10.0. The molecule has 2 aromatic rings. The molecule has 0 bridgehead atoms. The van der Waals surface area contributed by atoms with Gasteiger partial charge in [-0.15, -0.1) is 13.2 Å². The number of allylic oxidation sites excluding steroid dienone is 1. The maximum Gasteiger partial charge on any atom is 0.329 e. The van der Waals surface area contributed by atoms with Crippen LogP contribution in [0.4, 0.5) is 0 Å². The number of ether oxygens (including phenoxy) is 2. The highest BCUT2D eigenvalue weighted by molar-refractivity contribution is 5.86. The van der Waals surface area contributed by atoms with E-state index in [0.29, 0.717) is 51.7 Å². The lowest BCUT2D eigenvalue weighted by Gasteiger charge is -2.30. The topological polar surface area (TPSA) is 84.9 Å². The molecule has 42 heavy (non-hydrogen) atoms. The zero-order valence-corrected chi connectivity index (χ0v) is 25.5. The van der Waals surface area contributed by atoms with Crippen molar-refractivity contribution in [2.45, 2.75) is 83.6 Å². The summed E-state index contributed by atoms with van der Waals surface area (Å²) in [7, 11) is 1.66. The van der Waals surface area contributed by atoms with Gasteiger partial charge in [-0.3, -0.25) is 9.59 Å². The number of rotatable bonds is 20. The Morgan fingerprint density at radius 2 is 1.62 bits per heavy atom. The highest BCUT2D eigenvalue weighted by Crippen LogP contribution is 2.18. The van der Waals surface area contributed by atoms with Crippen molar-refractivity contribution in [2.24, 2.45) is 5.92 Å². The van der Waals surface area contributed by atoms with Crippen LogP contribution in [-0.4, -0.2) is 54.5 Å². The number of benzene rings is 2. The minimum Gasteiger partial charge on any atom is -0.461 e. The lowest BCUT2D eigenvalue weighted by Crippen LogP contribution is -2.47. The summed E-state index contributed by atoms with van der Waals surface area (Å²) in [5, 5.41) is 2.95. The number of nitrogens with one attached hydrogen (secondary N) is 1. The third-order valence-corrected chi connectivity index (χ3v) is 7.16. The van der Waals surface area contributed by atoms with Gasteiger partial charge in [0.25, 0.3) is 0 Å². The number of hydrogen-bond donors (Lipinski definition) is 1. The summed E-state index contributed by atoms with van der Waals surface area (Å²) in [4.78, 5) is 40.7. The Bertz CT molecular complexity index is 1100. The van der Waals surface area contributed by atoms with Gasteiger partial charge in [-0.2, -0.15) is 0 Å². The van der Waals surface area contributed by atoms with Crippen molar-refractivity contribution < 1.29 is 23.9 Å². The summed E-state index contributed by atoms with van der Waals surface area (Å²) in [5.41, 5.74) is 2.01. The summed E-state index contributed by atoms with van der Waals surface area (Å²) < 4.78 is 11.7. The monoisotopic (exact) mass is 576 g/mol. The van der Waals surface area contributed by atoms with Crippen molar-refractivity contribution in [3.63, 3.8) is 0 Å². The molecule has 0 aliphatic heterocycles. The third-order valence-electron chi connectivity index (χ3n) is 7.16. The number of esters is 1. The van der Waals surface area contributed by atoms with Crippen molar-refractivity contribution in [3.05, 3.63) is 97.1 Å². The first-order valence-corrected chi connectivity index (χ1v) is 14.9. The van der Waals surface area contributed by atoms with E-state index in [9.17, 15) is 14.4 Å². The van der Waals surface area contributed by atoms with Gasteiger partial charge < -0.3 is 19.7 Å². The average Bonchev–Trinajstić information content (AvgIpc) is 2.99. The number of carbonyl (C=O) groups is 3. The zero-order valence-electron chi connectivity index (χ0n) is 25.5. The smallest absolute Gasteiger partial charge is 0.329 e. The Hall–Kier alpha value is -3.71. The molecule has 0 aromatic heterocycles. The van der Waals surface area contributed by atoms with Crippen LogP contribution in [0.1, 0.15) is 63.5 Å². The highest BCUT2D eigenvalue weighted by Gasteiger charge is 2.32. The Morgan fingerprint density at radius 1 is 0.976 bits per heavy atom. The van der Waals surface area contributed by atoms with Gasteiger partial charge in [-0.1, -0.05) is 93.1 Å². The van der Waals surface area contributed by atoms with E-state index in [0.717, 1.165) is 17.5 Å². The van der Waals surface area contributed by atoms with Crippen LogP contribution >= 0.6 is 0 Å². The minimum absolute atomic E-state index is 0.103. The molecular formula is C35H48N2O5. The van der Waals surface area contributed by atoms with Gasteiger partial charge in [0.05, 0.1) is 19.3 Å². The maximum atomic E-state index is 13.5. The fourth-order valence-electron chi connectivity index (χ4n) is 4.71.